The van der Waals surface area contributed by atoms with Gasteiger partial charge < -0.3 is 67.4 Å². The van der Waals surface area contributed by atoms with E-state index in [0.29, 0.717) is 31.3 Å². The number of aliphatic hydroxyl groups excluding tert-OH is 2. The van der Waals surface area contributed by atoms with Crippen molar-refractivity contribution in [3.63, 3.8) is 0 Å². The summed E-state index contributed by atoms with van der Waals surface area (Å²) in [6.07, 6.45) is 4.40. The Kier molecular flexibility index (Phi) is 16.1. The van der Waals surface area contributed by atoms with Crippen LogP contribution in [0, 0.1) is 23.7 Å². The summed E-state index contributed by atoms with van der Waals surface area (Å²) >= 11 is 0. The van der Waals surface area contributed by atoms with Crippen LogP contribution in [-0.4, -0.2) is 153 Å². The van der Waals surface area contributed by atoms with Gasteiger partial charge in [-0.15, -0.1) is 0 Å². The van der Waals surface area contributed by atoms with E-state index in [1.54, 1.807) is 34.3 Å². The molecule has 1 spiro atoms. The van der Waals surface area contributed by atoms with Gasteiger partial charge in [0.05, 0.1) is 55.4 Å². The summed E-state index contributed by atoms with van der Waals surface area (Å²) in [5.41, 5.74) is 0.516. The quantitative estimate of drug-likeness (QED) is 0.202. The third-order valence-corrected chi connectivity index (χ3v) is 15.3. The minimum Gasteiger partial charge on any atom is -0.462 e. The van der Waals surface area contributed by atoms with Gasteiger partial charge in [-0.1, -0.05) is 64.5 Å². The molecule has 7 aliphatic rings. The standard InChI is InChI=1S/C49H76O15/c1-12-25(2)43-29(6)36(50)23-48(64-43)22-34-19-33(63-48)17-16-27(4)42(61-40-21-38(55-10)45(31(8)59-40)62-39-20-37(54-9)41(51)30(7)58-39)26(3)14-13-15-32-24-57-46-44(56-11)28(5)18-35(47(52)60-34)49(32,46)53/h13-16,18,25-26,29-31,33-46,50-51,53H,12,17,19-24H2,1-11H3/b14-13+,27-16+,32-15+/t25-,26-,29-,30-,31-,33+,34-,35-,36-,37-,38-,39-,40-,41-,42-,43+,44+,45-,46+,48-,49+/m0/s1. The molecule has 5 fully saturated rings. The van der Waals surface area contributed by atoms with Crippen molar-refractivity contribution in [3.8, 4) is 0 Å². The molecular weight excluding hydrogens is 829 g/mol. The van der Waals surface area contributed by atoms with E-state index >= 15 is 0 Å². The predicted molar refractivity (Wildman–Crippen MR) is 234 cm³/mol. The Morgan fingerprint density at radius 2 is 1.56 bits per heavy atom. The van der Waals surface area contributed by atoms with E-state index < -0.39 is 103 Å². The zero-order valence-corrected chi connectivity index (χ0v) is 39.8. The zero-order chi connectivity index (χ0) is 46.2. The smallest absolute Gasteiger partial charge is 0.316 e. The zero-order valence-electron chi connectivity index (χ0n) is 39.8. The molecule has 362 valence electrons. The number of fused-ring (bicyclic) bond motifs is 2. The molecule has 15 heteroatoms. The second-order valence-corrected chi connectivity index (χ2v) is 19.7. The van der Waals surface area contributed by atoms with Gasteiger partial charge >= 0.3 is 5.97 Å². The minimum absolute atomic E-state index is 0.0971. The summed E-state index contributed by atoms with van der Waals surface area (Å²) in [6, 6.07) is 0. The van der Waals surface area contributed by atoms with E-state index in [9.17, 15) is 20.1 Å². The van der Waals surface area contributed by atoms with Crippen molar-refractivity contribution < 1.29 is 72.2 Å². The molecule has 6 heterocycles. The molecule has 0 amide bonds. The fraction of sp³-hybridized carbons (Fsp3) is 0.816. The van der Waals surface area contributed by atoms with E-state index in [2.05, 4.69) is 26.8 Å². The van der Waals surface area contributed by atoms with Crippen molar-refractivity contribution in [2.75, 3.05) is 27.9 Å². The number of hydrogen-bond donors (Lipinski definition) is 3. The Hall–Kier alpha value is -2.09. The highest BCUT2D eigenvalue weighted by molar-refractivity contribution is 5.78. The van der Waals surface area contributed by atoms with Crippen molar-refractivity contribution >= 4 is 5.97 Å². The number of esters is 1. The van der Waals surface area contributed by atoms with Crippen molar-refractivity contribution in [2.45, 2.75) is 204 Å². The van der Waals surface area contributed by atoms with Gasteiger partial charge in [-0.25, -0.2) is 0 Å². The Bertz CT molecular complexity index is 1730. The average molecular weight is 905 g/mol. The number of allylic oxidation sites excluding steroid dienone is 2. The topological polar surface area (TPSA) is 179 Å². The van der Waals surface area contributed by atoms with Crippen molar-refractivity contribution in [3.05, 3.63) is 47.1 Å². The molecule has 0 unspecified atom stereocenters. The summed E-state index contributed by atoms with van der Waals surface area (Å²) in [5.74, 6) is -2.98. The first-order chi connectivity index (χ1) is 30.4. The maximum atomic E-state index is 14.5. The van der Waals surface area contributed by atoms with E-state index in [-0.39, 0.29) is 49.4 Å². The second-order valence-electron chi connectivity index (χ2n) is 19.7. The lowest BCUT2D eigenvalue weighted by atomic mass is 9.70. The SMILES string of the molecule is CC[C@H](C)[C@H]1O[C@@]2(C[C@@H]3C[C@@H](C/C=C(\C)[C@@H](O[C@H]4C[C@H](OC)[C@@H](O[C@H]5C[C@H](OC)[C@@H](O)[C@H](C)O5)[C@H](C)O4)[C@@H](C)/C=C/C=C4\CO[C@@H]5[C@H](OC)C(C)=C[C@@H](C(=O)O3)[C@]45O)O2)C[C@H](O)[C@@H]1C. The van der Waals surface area contributed by atoms with Gasteiger partial charge in [0.1, 0.15) is 42.0 Å². The minimum atomic E-state index is -1.74. The number of rotatable bonds is 9. The maximum Gasteiger partial charge on any atom is 0.316 e. The third-order valence-electron chi connectivity index (χ3n) is 15.3. The van der Waals surface area contributed by atoms with Gasteiger partial charge in [0, 0.05) is 65.3 Å². The molecule has 0 aromatic heterocycles. The lowest BCUT2D eigenvalue weighted by Crippen LogP contribution is -2.60. The summed E-state index contributed by atoms with van der Waals surface area (Å²) in [6.45, 7) is 16.1. The average Bonchev–Trinajstić information content (AvgIpc) is 3.59. The molecule has 3 N–H and O–H groups in total. The number of methoxy groups -OCH3 is 3. The van der Waals surface area contributed by atoms with Crippen LogP contribution in [0.5, 0.6) is 0 Å². The molecular formula is C49H76O15. The lowest BCUT2D eigenvalue weighted by Gasteiger charge is -2.52. The van der Waals surface area contributed by atoms with E-state index in [1.165, 1.54) is 0 Å². The van der Waals surface area contributed by atoms with Gasteiger partial charge in [-0.05, 0) is 56.8 Å². The van der Waals surface area contributed by atoms with Crippen LogP contribution in [0.2, 0.25) is 0 Å². The van der Waals surface area contributed by atoms with Crippen LogP contribution >= 0.6 is 0 Å². The summed E-state index contributed by atoms with van der Waals surface area (Å²) in [4.78, 5) is 14.5. The van der Waals surface area contributed by atoms with Crippen LogP contribution in [0.15, 0.2) is 47.1 Å². The van der Waals surface area contributed by atoms with Gasteiger partial charge in [-0.3, -0.25) is 4.79 Å². The molecule has 5 saturated heterocycles. The van der Waals surface area contributed by atoms with Crippen molar-refractivity contribution in [1.82, 2.24) is 0 Å². The predicted octanol–water partition coefficient (Wildman–Crippen LogP) is 5.23. The molecule has 0 radical (unpaired) electrons. The van der Waals surface area contributed by atoms with E-state index in [0.717, 1.165) is 17.6 Å². The number of aliphatic hydroxyl groups is 3. The molecule has 2 bridgehead atoms. The van der Waals surface area contributed by atoms with Gasteiger partial charge in [0.15, 0.2) is 18.4 Å². The number of carbonyl (C=O) groups is 1. The Balaban J connectivity index is 1.20. The van der Waals surface area contributed by atoms with Crippen LogP contribution in [0.25, 0.3) is 0 Å². The fourth-order valence-corrected chi connectivity index (χ4v) is 11.3. The van der Waals surface area contributed by atoms with Crippen LogP contribution in [0.3, 0.4) is 0 Å². The Morgan fingerprint density at radius 1 is 0.859 bits per heavy atom. The normalized spacial score (nSPS) is 49.4. The number of carbonyl (C=O) groups excluding carboxylic acids is 1. The first kappa shape index (κ1) is 49.8. The first-order valence-electron chi connectivity index (χ1n) is 23.6. The Labute approximate surface area is 379 Å². The highest BCUT2D eigenvalue weighted by Crippen LogP contribution is 2.48. The molecule has 7 rings (SSSR count). The lowest BCUT2D eigenvalue weighted by molar-refractivity contribution is -0.354. The Morgan fingerprint density at radius 3 is 2.27 bits per heavy atom. The number of ether oxygens (including phenoxy) is 11. The monoisotopic (exact) mass is 905 g/mol. The summed E-state index contributed by atoms with van der Waals surface area (Å²) in [7, 11) is 4.79. The molecule has 0 aromatic carbocycles. The molecule has 64 heavy (non-hydrogen) atoms. The summed E-state index contributed by atoms with van der Waals surface area (Å²) < 4.78 is 69.9. The second kappa shape index (κ2) is 20.6. The van der Waals surface area contributed by atoms with E-state index in [1.807, 2.05) is 45.9 Å². The molecule has 0 aromatic rings. The van der Waals surface area contributed by atoms with Crippen LogP contribution in [0.4, 0.5) is 0 Å². The van der Waals surface area contributed by atoms with E-state index in [4.69, 9.17) is 52.1 Å². The molecule has 15 nitrogen and oxygen atoms in total. The fourth-order valence-electron chi connectivity index (χ4n) is 11.3. The molecule has 6 aliphatic heterocycles. The number of hydrogen-bond acceptors (Lipinski definition) is 15. The maximum absolute atomic E-state index is 14.5. The van der Waals surface area contributed by atoms with Crippen LogP contribution < -0.4 is 0 Å². The summed E-state index contributed by atoms with van der Waals surface area (Å²) in [5, 5.41) is 34.8. The highest BCUT2D eigenvalue weighted by Gasteiger charge is 2.61. The molecule has 1 aliphatic carbocycles. The van der Waals surface area contributed by atoms with Gasteiger partial charge in [0.25, 0.3) is 0 Å². The van der Waals surface area contributed by atoms with Crippen LogP contribution in [-0.2, 0) is 56.9 Å². The van der Waals surface area contributed by atoms with Gasteiger partial charge in [-0.2, -0.15) is 0 Å². The largest absolute Gasteiger partial charge is 0.462 e. The van der Waals surface area contributed by atoms with Crippen molar-refractivity contribution in [1.29, 1.82) is 0 Å². The van der Waals surface area contributed by atoms with Crippen molar-refractivity contribution in [2.24, 2.45) is 23.7 Å². The third kappa shape index (κ3) is 10.0. The first-order valence-corrected chi connectivity index (χ1v) is 23.6. The molecule has 0 saturated carbocycles. The molecule has 21 atom stereocenters. The van der Waals surface area contributed by atoms with Gasteiger partial charge in [0.2, 0.25) is 0 Å². The highest BCUT2D eigenvalue weighted by atomic mass is 16.7. The van der Waals surface area contributed by atoms with Crippen LogP contribution in [0.1, 0.15) is 100 Å².